The first-order valence-corrected chi connectivity index (χ1v) is 9.20. The van der Waals surface area contributed by atoms with Crippen molar-refractivity contribution in [2.75, 3.05) is 31.1 Å². The Balaban J connectivity index is 1.47. The van der Waals surface area contributed by atoms with Crippen LogP contribution in [0.15, 0.2) is 18.2 Å². The van der Waals surface area contributed by atoms with E-state index in [9.17, 15) is 10.1 Å². The van der Waals surface area contributed by atoms with Crippen molar-refractivity contribution >= 4 is 11.5 Å². The number of carbonyl (C=O) groups excluding carboxylic acids is 1. The van der Waals surface area contributed by atoms with Crippen LogP contribution in [0, 0.1) is 23.2 Å². The quantitative estimate of drug-likeness (QED) is 0.802. The van der Waals surface area contributed by atoms with Gasteiger partial charge in [0.25, 0.3) is 0 Å². The monoisotopic (exact) mass is 323 g/mol. The SMILES string of the molecule is CC(=O)c1ccc(C#N)c(N2CCN(C3CC4CCC3C4)CC2)c1. The average molecular weight is 323 g/mol. The lowest BCUT2D eigenvalue weighted by molar-refractivity contribution is 0.101. The third-order valence-corrected chi connectivity index (χ3v) is 6.35. The van der Waals surface area contributed by atoms with Crippen molar-refractivity contribution < 1.29 is 4.79 Å². The lowest BCUT2D eigenvalue weighted by Crippen LogP contribution is -2.52. The Kier molecular flexibility index (Phi) is 4.05. The largest absolute Gasteiger partial charge is 0.368 e. The van der Waals surface area contributed by atoms with Gasteiger partial charge in [0.2, 0.25) is 0 Å². The molecule has 1 saturated heterocycles. The summed E-state index contributed by atoms with van der Waals surface area (Å²) >= 11 is 0. The molecule has 0 amide bonds. The summed E-state index contributed by atoms with van der Waals surface area (Å²) in [6.07, 6.45) is 5.72. The van der Waals surface area contributed by atoms with E-state index >= 15 is 0 Å². The molecule has 0 spiro atoms. The van der Waals surface area contributed by atoms with Gasteiger partial charge in [0.1, 0.15) is 6.07 Å². The van der Waals surface area contributed by atoms with Gasteiger partial charge in [0.15, 0.2) is 5.78 Å². The minimum atomic E-state index is 0.0568. The number of carbonyl (C=O) groups is 1. The van der Waals surface area contributed by atoms with Crippen molar-refractivity contribution in [2.24, 2.45) is 11.8 Å². The topological polar surface area (TPSA) is 47.3 Å². The maximum absolute atomic E-state index is 11.7. The number of rotatable bonds is 3. The summed E-state index contributed by atoms with van der Waals surface area (Å²) < 4.78 is 0. The van der Waals surface area contributed by atoms with E-state index in [0.717, 1.165) is 49.7 Å². The summed E-state index contributed by atoms with van der Waals surface area (Å²) in [6.45, 7) is 5.62. The van der Waals surface area contributed by atoms with E-state index < -0.39 is 0 Å². The second-order valence-electron chi connectivity index (χ2n) is 7.67. The molecule has 1 aliphatic heterocycles. The first-order chi connectivity index (χ1) is 11.7. The van der Waals surface area contributed by atoms with Gasteiger partial charge >= 0.3 is 0 Å². The van der Waals surface area contributed by atoms with Crippen molar-refractivity contribution in [2.45, 2.75) is 38.6 Å². The number of hydrogen-bond donors (Lipinski definition) is 0. The van der Waals surface area contributed by atoms with E-state index in [1.165, 1.54) is 25.7 Å². The molecular formula is C20H25N3O. The second-order valence-corrected chi connectivity index (χ2v) is 7.67. The molecule has 3 aliphatic rings. The Bertz CT molecular complexity index is 685. The van der Waals surface area contributed by atoms with Crippen LogP contribution < -0.4 is 4.90 Å². The lowest BCUT2D eigenvalue weighted by atomic mass is 9.93. The maximum Gasteiger partial charge on any atom is 0.159 e. The number of hydrogen-bond acceptors (Lipinski definition) is 4. The molecule has 1 aromatic carbocycles. The first-order valence-electron chi connectivity index (χ1n) is 9.20. The predicted molar refractivity (Wildman–Crippen MR) is 94.2 cm³/mol. The van der Waals surface area contributed by atoms with Crippen LogP contribution >= 0.6 is 0 Å². The lowest BCUT2D eigenvalue weighted by Gasteiger charge is -2.42. The highest BCUT2D eigenvalue weighted by atomic mass is 16.1. The van der Waals surface area contributed by atoms with Crippen molar-refractivity contribution in [3.05, 3.63) is 29.3 Å². The van der Waals surface area contributed by atoms with Gasteiger partial charge in [-0.2, -0.15) is 5.26 Å². The normalized spacial score (nSPS) is 29.7. The number of benzene rings is 1. The van der Waals surface area contributed by atoms with Crippen molar-refractivity contribution in [3.8, 4) is 6.07 Å². The van der Waals surface area contributed by atoms with Crippen LogP contribution in [-0.2, 0) is 0 Å². The number of fused-ring (bicyclic) bond motifs is 2. The molecule has 1 heterocycles. The fourth-order valence-electron chi connectivity index (χ4n) is 5.06. The molecular weight excluding hydrogens is 298 g/mol. The molecule has 24 heavy (non-hydrogen) atoms. The van der Waals surface area contributed by atoms with Crippen molar-refractivity contribution in [1.29, 1.82) is 5.26 Å². The highest BCUT2D eigenvalue weighted by Crippen LogP contribution is 2.46. The fourth-order valence-corrected chi connectivity index (χ4v) is 5.06. The van der Waals surface area contributed by atoms with E-state index in [4.69, 9.17) is 0 Å². The molecule has 2 aliphatic carbocycles. The molecule has 2 saturated carbocycles. The van der Waals surface area contributed by atoms with Gasteiger partial charge in [0.05, 0.1) is 11.3 Å². The van der Waals surface area contributed by atoms with Gasteiger partial charge in [-0.15, -0.1) is 0 Å². The van der Waals surface area contributed by atoms with E-state index in [1.54, 1.807) is 19.1 Å². The van der Waals surface area contributed by atoms with Crippen LogP contribution in [0.2, 0.25) is 0 Å². The zero-order valence-electron chi connectivity index (χ0n) is 14.4. The summed E-state index contributed by atoms with van der Waals surface area (Å²) in [6, 6.07) is 8.52. The Labute approximate surface area is 144 Å². The third kappa shape index (κ3) is 2.71. The summed E-state index contributed by atoms with van der Waals surface area (Å²) in [5, 5.41) is 9.40. The smallest absolute Gasteiger partial charge is 0.159 e. The molecule has 1 aromatic rings. The van der Waals surface area contributed by atoms with Gasteiger partial charge in [-0.1, -0.05) is 6.42 Å². The van der Waals surface area contributed by atoms with E-state index in [2.05, 4.69) is 15.9 Å². The Hall–Kier alpha value is -1.86. The van der Waals surface area contributed by atoms with Crippen molar-refractivity contribution in [1.82, 2.24) is 4.90 Å². The second kappa shape index (κ2) is 6.22. The highest BCUT2D eigenvalue weighted by molar-refractivity contribution is 5.95. The predicted octanol–water partition coefficient (Wildman–Crippen LogP) is 3.07. The molecule has 126 valence electrons. The van der Waals surface area contributed by atoms with Gasteiger partial charge in [-0.05, 0) is 56.2 Å². The van der Waals surface area contributed by atoms with Crippen LogP contribution in [0.3, 0.4) is 0 Å². The number of Topliss-reactive ketones (excluding diaryl/α,β-unsaturated/α-hetero) is 1. The van der Waals surface area contributed by atoms with Gasteiger partial charge in [0, 0.05) is 37.8 Å². The molecule has 4 nitrogen and oxygen atoms in total. The van der Waals surface area contributed by atoms with E-state index in [-0.39, 0.29) is 5.78 Å². The summed E-state index contributed by atoms with van der Waals surface area (Å²) in [5.74, 6) is 1.97. The molecule has 3 unspecified atom stereocenters. The van der Waals surface area contributed by atoms with Crippen LogP contribution in [0.4, 0.5) is 5.69 Å². The molecule has 3 atom stereocenters. The summed E-state index contributed by atoms with van der Waals surface area (Å²) in [4.78, 5) is 16.6. The average Bonchev–Trinajstić information content (AvgIpc) is 3.24. The minimum Gasteiger partial charge on any atom is -0.368 e. The Morgan fingerprint density at radius 2 is 1.96 bits per heavy atom. The molecule has 3 fully saturated rings. The van der Waals surface area contributed by atoms with Crippen LogP contribution in [0.5, 0.6) is 0 Å². The molecule has 0 radical (unpaired) electrons. The zero-order valence-corrected chi connectivity index (χ0v) is 14.4. The molecule has 4 rings (SSSR count). The third-order valence-electron chi connectivity index (χ3n) is 6.35. The highest BCUT2D eigenvalue weighted by Gasteiger charge is 2.42. The van der Waals surface area contributed by atoms with E-state index in [0.29, 0.717) is 11.1 Å². The Morgan fingerprint density at radius 3 is 2.54 bits per heavy atom. The minimum absolute atomic E-state index is 0.0568. The number of anilines is 1. The number of piperazine rings is 1. The van der Waals surface area contributed by atoms with Gasteiger partial charge in [-0.25, -0.2) is 0 Å². The molecule has 0 aromatic heterocycles. The van der Waals surface area contributed by atoms with Gasteiger partial charge < -0.3 is 4.90 Å². The molecule has 0 N–H and O–H groups in total. The van der Waals surface area contributed by atoms with Crippen LogP contribution in [0.25, 0.3) is 0 Å². The fraction of sp³-hybridized carbons (Fsp3) is 0.600. The standard InChI is InChI=1S/C20H25N3O/c1-14(24)16-4-5-18(13-21)20(12-16)23-8-6-22(7-9-23)19-11-15-2-3-17(19)10-15/h4-5,12,15,17,19H,2-3,6-11H2,1H3. The summed E-state index contributed by atoms with van der Waals surface area (Å²) in [7, 11) is 0. The Morgan fingerprint density at radius 1 is 1.17 bits per heavy atom. The number of nitrogens with zero attached hydrogens (tertiary/aromatic N) is 3. The first kappa shape index (κ1) is 15.7. The van der Waals surface area contributed by atoms with Crippen LogP contribution in [-0.4, -0.2) is 42.9 Å². The van der Waals surface area contributed by atoms with Gasteiger partial charge in [-0.3, -0.25) is 9.69 Å². The number of ketones is 1. The maximum atomic E-state index is 11.7. The summed E-state index contributed by atoms with van der Waals surface area (Å²) in [5.41, 5.74) is 2.30. The van der Waals surface area contributed by atoms with Crippen molar-refractivity contribution in [3.63, 3.8) is 0 Å². The van der Waals surface area contributed by atoms with E-state index in [1.807, 2.05) is 6.07 Å². The molecule has 4 heteroatoms. The number of nitriles is 1. The molecule has 2 bridgehead atoms. The van der Waals surface area contributed by atoms with Crippen LogP contribution in [0.1, 0.15) is 48.5 Å². The zero-order chi connectivity index (χ0) is 16.7.